The summed E-state index contributed by atoms with van der Waals surface area (Å²) in [5, 5.41) is 28.4. The number of Topliss-reactive ketones (excluding diaryl/α,β-unsaturated/α-hetero) is 1. The number of nitrogens with zero attached hydrogens (tertiary/aromatic N) is 3. The Kier molecular flexibility index (Phi) is 111. The van der Waals surface area contributed by atoms with Crippen molar-refractivity contribution in [2.24, 2.45) is 82.7 Å². The molecule has 0 aliphatic heterocycles. The number of carbonyl (C=O) groups excluding carboxylic acids is 4. The van der Waals surface area contributed by atoms with Crippen molar-refractivity contribution in [3.63, 3.8) is 0 Å². The fourth-order valence-corrected chi connectivity index (χ4v) is 11.4. The van der Waals surface area contributed by atoms with Crippen LogP contribution in [0.25, 0.3) is 0 Å². The van der Waals surface area contributed by atoms with Crippen LogP contribution >= 0.6 is 87.9 Å². The second-order valence-electron chi connectivity index (χ2n) is 30.3. The smallest absolute Gasteiger partial charge is 0.168 e. The molecule has 0 saturated heterocycles. The van der Waals surface area contributed by atoms with Gasteiger partial charge in [-0.15, -0.1) is 12.4 Å². The van der Waals surface area contributed by atoms with Crippen LogP contribution in [0.3, 0.4) is 0 Å². The van der Waals surface area contributed by atoms with Crippen molar-refractivity contribution in [1.29, 1.82) is 15.8 Å². The second-order valence-corrected chi connectivity index (χ2v) is 79.8. The van der Waals surface area contributed by atoms with Gasteiger partial charge in [0.15, 0.2) is 0 Å². The molecule has 0 spiro atoms. The van der Waals surface area contributed by atoms with Crippen molar-refractivity contribution in [3.8, 4) is 18.2 Å². The summed E-state index contributed by atoms with van der Waals surface area (Å²) in [5.74, 6) is 10.1. The standard InChI is InChI=1S/C13H25NO2.C10H18O5.C8H16ClN.C8H17N.3C8H13N.C7H12O.6CH4.ClH.I4.4O2S/c1-10-5-7-11(8-6-10)9-14-12(15)16-13(2,3)4;1-9(2,3)14-7(11)13-8(12)15-10(4,5)6;1-7-2-4-8(5-3-7)6-10-9;4*1-7-2-4-8(6-9)5-3-7;1-6-2-4-7(8)5-3-6;;;;;;;;1-4(2)3;4*1-3-2/h10-11H,5-9H2,1-4H3,(H,14,15);1-6H3;7-8,10H,2-6H2,1H3;7-8H,2-6,9H2,1H3;3*7-8H,2-5H2,1H3;6H,2-5H2,1H3;6*1H4;1H;;;;;. The van der Waals surface area contributed by atoms with Crippen molar-refractivity contribution in [2.45, 2.75) is 352 Å². The Hall–Kier alpha value is -1.15. The number of carbonyl (C=O) groups is 4. The molecule has 648 valence electrons. The van der Waals surface area contributed by atoms with Gasteiger partial charge in [-0.3, -0.25) is 4.79 Å². The fraction of sp³-hybridized carbons (Fsp3) is 0.908. The van der Waals surface area contributed by atoms with E-state index < -0.39 is 75.4 Å². The molecule has 0 atom stereocenters. The maximum atomic E-state index is 11.4. The third-order valence-electron chi connectivity index (χ3n) is 17.4. The Bertz CT molecular complexity index is 2230. The van der Waals surface area contributed by atoms with Crippen molar-refractivity contribution < 1.29 is 71.8 Å². The van der Waals surface area contributed by atoms with E-state index in [1.807, 2.05) is 20.8 Å². The molecule has 1 amide bonds. The van der Waals surface area contributed by atoms with Crippen LogP contribution in [-0.2, 0) is 70.0 Å². The SMILES string of the molecule is C.C.C.C.C.C.CC(C)(C)OC(=O)OC(=O)OC(C)(C)C.CC1CCC(=O)CC1.CC1CCC(C#N)CC1.CC1CCC(C#N)CC1.CC1CCC(C#N)CC1.CC1CCC(CN)CC1.CC1CCC(CNC(=O)OC(C)(C)C)CC1.CC1CCC(CNCl)CC1.Cl.II(I)I.O=S=O.O=S=O.O=S=O.O=S=O. The summed E-state index contributed by atoms with van der Waals surface area (Å²) in [7, 11) is -0.353. The van der Waals surface area contributed by atoms with Crippen molar-refractivity contribution >= 4 is 158 Å². The van der Waals surface area contributed by atoms with E-state index in [0.29, 0.717) is 29.5 Å². The molecule has 0 aromatic heterocycles. The van der Waals surface area contributed by atoms with E-state index in [-0.39, 0.29) is 71.0 Å². The molecule has 0 aromatic rings. The van der Waals surface area contributed by atoms with Gasteiger partial charge in [-0.25, -0.2) is 19.2 Å². The minimum atomic E-state index is -1.06. The molecule has 32 heteroatoms. The number of rotatable bonds is 5. The first-order valence-electron chi connectivity index (χ1n) is 35.4. The molecule has 22 nitrogen and oxygen atoms in total. The van der Waals surface area contributed by atoms with Crippen LogP contribution in [0.15, 0.2) is 0 Å². The van der Waals surface area contributed by atoms with Gasteiger partial charge >= 0.3 is 128 Å². The number of alkyl carbamates (subject to hydrolysis) is 1. The number of hydrogen-bond donors (Lipinski definition) is 3. The number of nitrogens with one attached hydrogen (secondary N) is 2. The zero-order chi connectivity index (χ0) is 79.0. The predicted molar refractivity (Wildman–Crippen MR) is 486 cm³/mol. The van der Waals surface area contributed by atoms with Gasteiger partial charge in [0.1, 0.15) is 22.6 Å². The first kappa shape index (κ1) is 136. The minimum Gasteiger partial charge on any atom is -0.168 e. The Morgan fingerprint density at radius 1 is 0.426 bits per heavy atom. The summed E-state index contributed by atoms with van der Waals surface area (Å²) in [4.78, 5) is 46.8. The largest absolute Gasteiger partial charge is 0.335 e. The summed E-state index contributed by atoms with van der Waals surface area (Å²) in [6.07, 6.45) is 32.0. The summed E-state index contributed by atoms with van der Waals surface area (Å²) < 4.78 is 85.3. The van der Waals surface area contributed by atoms with Crippen molar-refractivity contribution in [3.05, 3.63) is 0 Å². The number of nitrogens with two attached hydrogens (primary N) is 1. The molecular formula is C76H152Cl2I4N6O16S4. The van der Waals surface area contributed by atoms with E-state index in [1.54, 1.807) is 41.5 Å². The molecule has 0 radical (unpaired) electrons. The molecule has 7 fully saturated rings. The zero-order valence-electron chi connectivity index (χ0n) is 63.8. The number of amides is 1. The van der Waals surface area contributed by atoms with Gasteiger partial charge in [-0.2, -0.15) is 49.5 Å². The fourth-order valence-electron chi connectivity index (χ4n) is 11.1. The normalized spacial score (nSPS) is 23.3. The molecule has 108 heavy (non-hydrogen) atoms. The van der Waals surface area contributed by atoms with Gasteiger partial charge in [0.2, 0.25) is 0 Å². The molecule has 7 rings (SSSR count). The molecule has 4 N–H and O–H groups in total. The third kappa shape index (κ3) is 105. The first-order chi connectivity index (χ1) is 47.2. The van der Waals surface area contributed by atoms with Gasteiger partial charge < -0.3 is 30.0 Å². The molecule has 0 aromatic carbocycles. The molecule has 0 bridgehead atoms. The molecule has 0 heterocycles. The van der Waals surface area contributed by atoms with Gasteiger partial charge in [0, 0.05) is 43.7 Å². The van der Waals surface area contributed by atoms with E-state index >= 15 is 0 Å². The number of ether oxygens (including phenoxy) is 4. The maximum absolute atomic E-state index is 11.4. The van der Waals surface area contributed by atoms with Gasteiger partial charge in [0.25, 0.3) is 0 Å². The van der Waals surface area contributed by atoms with Crippen LogP contribution in [0, 0.1) is 111 Å². The summed E-state index contributed by atoms with van der Waals surface area (Å²) in [5.41, 5.74) is 3.76. The van der Waals surface area contributed by atoms with Gasteiger partial charge in [-0.05, 0) is 268 Å². The number of nitriles is 3. The zero-order valence-corrected chi connectivity index (χ0v) is 77.3. The van der Waals surface area contributed by atoms with Crippen molar-refractivity contribution in [2.75, 3.05) is 19.6 Å². The quantitative estimate of drug-likeness (QED) is 0.0756. The van der Waals surface area contributed by atoms with Crippen LogP contribution < -0.4 is 15.9 Å². The first-order valence-corrected chi connectivity index (χ1v) is 57.3. The van der Waals surface area contributed by atoms with E-state index in [1.165, 1.54) is 116 Å². The molecular weight excluding hydrogens is 1960 g/mol. The average Bonchev–Trinajstić information content (AvgIpc) is 0.885. The minimum absolute atomic E-state index is 0. The number of hydrogen-bond acceptors (Lipinski definition) is 21. The molecule has 7 aliphatic rings. The van der Waals surface area contributed by atoms with Crippen LogP contribution in [0.1, 0.15) is 335 Å². The predicted octanol–water partition coefficient (Wildman–Crippen LogP) is 24.4. The Morgan fingerprint density at radius 3 is 0.824 bits per heavy atom. The van der Waals surface area contributed by atoms with Crippen LogP contribution in [0.4, 0.5) is 14.4 Å². The third-order valence-corrected chi connectivity index (χ3v) is 17.6. The molecule has 7 saturated carbocycles. The summed E-state index contributed by atoms with van der Waals surface area (Å²) in [6.45, 7) is 34.4. The second kappa shape index (κ2) is 88.2. The number of halogens is 6. The molecule has 7 aliphatic carbocycles. The van der Waals surface area contributed by atoms with Crippen LogP contribution in [0.5, 0.6) is 0 Å². The Morgan fingerprint density at radius 2 is 0.630 bits per heavy atom. The summed E-state index contributed by atoms with van der Waals surface area (Å²) >= 11 is 9.84. The van der Waals surface area contributed by atoms with Crippen LogP contribution in [-0.4, -0.2) is 94.3 Å². The van der Waals surface area contributed by atoms with Gasteiger partial charge in [0.05, 0.1) is 18.2 Å². The Balaban J connectivity index is -0.0000000842. The van der Waals surface area contributed by atoms with E-state index in [0.717, 1.165) is 137 Å². The average molecular weight is 2110 g/mol. The summed E-state index contributed by atoms with van der Waals surface area (Å²) in [6, 6.07) is 6.97. The maximum Gasteiger partial charge on any atom is 0.335 e. The molecule has 0 unspecified atom stereocenters. The van der Waals surface area contributed by atoms with Crippen molar-refractivity contribution in [1.82, 2.24) is 10.2 Å². The van der Waals surface area contributed by atoms with Crippen LogP contribution in [0.2, 0.25) is 0 Å². The topological polar surface area (TPSA) is 363 Å². The Labute approximate surface area is 721 Å². The van der Waals surface area contributed by atoms with E-state index in [4.69, 9.17) is 81.2 Å². The monoisotopic (exact) mass is 2110 g/mol. The van der Waals surface area contributed by atoms with E-state index in [2.05, 4.69) is 137 Å². The van der Waals surface area contributed by atoms with E-state index in [9.17, 15) is 19.2 Å². The number of ketones is 1. The van der Waals surface area contributed by atoms with Gasteiger partial charge in [-0.1, -0.05) is 132 Å².